The Kier molecular flexibility index (Phi) is 5.19. The van der Waals surface area contributed by atoms with Crippen LogP contribution in [-0.4, -0.2) is 36.6 Å². The van der Waals surface area contributed by atoms with Crippen LogP contribution >= 0.6 is 11.3 Å². The largest absolute Gasteiger partial charge is 0.382 e. The Bertz CT molecular complexity index is 527. The first kappa shape index (κ1) is 15.8. The highest BCUT2D eigenvalue weighted by atomic mass is 32.1. The first-order chi connectivity index (χ1) is 9.97. The normalized spacial score (nSPS) is 15.9. The Labute approximate surface area is 129 Å². The molecule has 2 heterocycles. The molecule has 116 valence electrons. The number of nitrogens with two attached hydrogens (primary N) is 2. The summed E-state index contributed by atoms with van der Waals surface area (Å²) in [5.41, 5.74) is 12.9. The van der Waals surface area contributed by atoms with E-state index in [2.05, 4.69) is 15.2 Å². The smallest absolute Gasteiger partial charge is 0.265 e. The van der Waals surface area contributed by atoms with Crippen molar-refractivity contribution in [2.45, 2.75) is 32.7 Å². The lowest BCUT2D eigenvalue weighted by molar-refractivity contribution is 0.0962. The summed E-state index contributed by atoms with van der Waals surface area (Å²) in [7, 11) is 0. The van der Waals surface area contributed by atoms with Crippen molar-refractivity contribution in [2.75, 3.05) is 30.3 Å². The summed E-state index contributed by atoms with van der Waals surface area (Å²) in [6.07, 6.45) is 3.85. The Morgan fingerprint density at radius 3 is 2.76 bits per heavy atom. The number of carbonyl (C=O) groups is 1. The summed E-state index contributed by atoms with van der Waals surface area (Å²) in [6.45, 7) is 6.23. The van der Waals surface area contributed by atoms with Gasteiger partial charge in [0, 0.05) is 25.7 Å². The van der Waals surface area contributed by atoms with Crippen LogP contribution in [0.15, 0.2) is 11.6 Å². The number of nitrogens with one attached hydrogen (secondary N) is 1. The van der Waals surface area contributed by atoms with E-state index in [9.17, 15) is 4.79 Å². The standard InChI is InChI=1S/C14H23N5OS/c1-9(2)3-6-17-13(20)11-12(16)18-14(21-11)19-7-4-10(15)5-8-19/h3,10H,4-8,15-16H2,1-2H3,(H,17,20). The minimum absolute atomic E-state index is 0.164. The molecule has 0 aliphatic carbocycles. The van der Waals surface area contributed by atoms with E-state index >= 15 is 0 Å². The molecule has 0 atom stereocenters. The van der Waals surface area contributed by atoms with Crippen molar-refractivity contribution < 1.29 is 4.79 Å². The van der Waals surface area contributed by atoms with Crippen molar-refractivity contribution in [1.29, 1.82) is 0 Å². The molecule has 0 saturated carbocycles. The molecule has 21 heavy (non-hydrogen) atoms. The van der Waals surface area contributed by atoms with Gasteiger partial charge < -0.3 is 21.7 Å². The molecule has 2 rings (SSSR count). The number of piperidine rings is 1. The van der Waals surface area contributed by atoms with Gasteiger partial charge in [0.1, 0.15) is 10.7 Å². The van der Waals surface area contributed by atoms with Gasteiger partial charge in [-0.15, -0.1) is 0 Å². The molecule has 0 radical (unpaired) electrons. The SMILES string of the molecule is CC(C)=CCNC(=O)c1sc(N2CCC(N)CC2)nc1N. The van der Waals surface area contributed by atoms with Gasteiger partial charge in [-0.3, -0.25) is 4.79 Å². The Balaban J connectivity index is 2.01. The number of amides is 1. The molecule has 1 aromatic rings. The average Bonchev–Trinajstić information content (AvgIpc) is 2.81. The fraction of sp³-hybridized carbons (Fsp3) is 0.571. The molecule has 0 aromatic carbocycles. The van der Waals surface area contributed by atoms with Gasteiger partial charge in [0.05, 0.1) is 0 Å². The number of allylic oxidation sites excluding steroid dienone is 1. The lowest BCUT2D eigenvalue weighted by Gasteiger charge is -2.29. The maximum absolute atomic E-state index is 12.1. The van der Waals surface area contributed by atoms with Gasteiger partial charge in [-0.25, -0.2) is 4.98 Å². The molecule has 7 heteroatoms. The molecule has 1 saturated heterocycles. The van der Waals surface area contributed by atoms with Crippen LogP contribution in [0, 0.1) is 0 Å². The summed E-state index contributed by atoms with van der Waals surface area (Å²) >= 11 is 1.35. The van der Waals surface area contributed by atoms with E-state index in [0.29, 0.717) is 17.2 Å². The number of nitrogens with zero attached hydrogens (tertiary/aromatic N) is 2. The lowest BCUT2D eigenvalue weighted by atomic mass is 10.1. The number of hydrogen-bond donors (Lipinski definition) is 3. The zero-order chi connectivity index (χ0) is 15.4. The van der Waals surface area contributed by atoms with Crippen LogP contribution in [0.2, 0.25) is 0 Å². The predicted octanol–water partition coefficient (Wildman–Crippen LogP) is 1.35. The van der Waals surface area contributed by atoms with Gasteiger partial charge >= 0.3 is 0 Å². The average molecular weight is 309 g/mol. The number of nitrogen functional groups attached to an aromatic ring is 1. The van der Waals surface area contributed by atoms with Gasteiger partial charge in [-0.1, -0.05) is 23.0 Å². The third-order valence-electron chi connectivity index (χ3n) is 3.43. The molecule has 1 aliphatic rings. The number of anilines is 2. The summed E-state index contributed by atoms with van der Waals surface area (Å²) in [6, 6.07) is 0.269. The number of rotatable bonds is 4. The molecule has 1 aromatic heterocycles. The van der Waals surface area contributed by atoms with Crippen molar-refractivity contribution in [3.8, 4) is 0 Å². The molecule has 5 N–H and O–H groups in total. The van der Waals surface area contributed by atoms with Crippen molar-refractivity contribution in [3.05, 3.63) is 16.5 Å². The molecule has 6 nitrogen and oxygen atoms in total. The molecule has 1 fully saturated rings. The highest BCUT2D eigenvalue weighted by molar-refractivity contribution is 7.18. The zero-order valence-electron chi connectivity index (χ0n) is 12.6. The minimum Gasteiger partial charge on any atom is -0.382 e. The van der Waals surface area contributed by atoms with Crippen molar-refractivity contribution >= 4 is 28.2 Å². The fourth-order valence-electron chi connectivity index (χ4n) is 2.14. The maximum Gasteiger partial charge on any atom is 0.265 e. The van der Waals surface area contributed by atoms with Crippen LogP contribution in [0.1, 0.15) is 36.4 Å². The molecular formula is C14H23N5OS. The summed E-state index contributed by atoms with van der Waals surface area (Å²) < 4.78 is 0. The molecule has 0 unspecified atom stereocenters. The van der Waals surface area contributed by atoms with Crippen molar-refractivity contribution in [2.24, 2.45) is 5.73 Å². The van der Waals surface area contributed by atoms with E-state index in [0.717, 1.165) is 36.6 Å². The number of aromatic nitrogens is 1. The third-order valence-corrected chi connectivity index (χ3v) is 4.56. The van der Waals surface area contributed by atoms with E-state index in [1.165, 1.54) is 11.3 Å². The molecular weight excluding hydrogens is 286 g/mol. The van der Waals surface area contributed by atoms with Crippen LogP contribution in [0.3, 0.4) is 0 Å². The first-order valence-corrected chi connectivity index (χ1v) is 7.97. The molecule has 1 amide bonds. The summed E-state index contributed by atoms with van der Waals surface area (Å²) in [5, 5.41) is 3.64. The second-order valence-electron chi connectivity index (χ2n) is 5.53. The Morgan fingerprint density at radius 2 is 2.14 bits per heavy atom. The molecule has 0 spiro atoms. The number of hydrogen-bond acceptors (Lipinski definition) is 6. The summed E-state index contributed by atoms with van der Waals surface area (Å²) in [5.74, 6) is 0.141. The minimum atomic E-state index is -0.164. The second kappa shape index (κ2) is 6.91. The quantitative estimate of drug-likeness (QED) is 0.729. The molecule has 1 aliphatic heterocycles. The van der Waals surface area contributed by atoms with E-state index in [4.69, 9.17) is 11.5 Å². The van der Waals surface area contributed by atoms with Crippen molar-refractivity contribution in [3.63, 3.8) is 0 Å². The maximum atomic E-state index is 12.1. The fourth-order valence-corrected chi connectivity index (χ4v) is 3.09. The first-order valence-electron chi connectivity index (χ1n) is 7.15. The van der Waals surface area contributed by atoms with E-state index in [1.807, 2.05) is 19.9 Å². The van der Waals surface area contributed by atoms with Crippen LogP contribution in [0.25, 0.3) is 0 Å². The van der Waals surface area contributed by atoms with Gasteiger partial charge in [0.2, 0.25) is 0 Å². The Hall–Kier alpha value is -1.60. The predicted molar refractivity (Wildman–Crippen MR) is 87.7 cm³/mol. The summed E-state index contributed by atoms with van der Waals surface area (Å²) in [4.78, 5) is 19.1. The highest BCUT2D eigenvalue weighted by Crippen LogP contribution is 2.29. The van der Waals surface area contributed by atoms with Crippen LogP contribution in [0.4, 0.5) is 10.9 Å². The lowest BCUT2D eigenvalue weighted by Crippen LogP contribution is -2.39. The van der Waals surface area contributed by atoms with Crippen molar-refractivity contribution in [1.82, 2.24) is 10.3 Å². The molecule has 0 bridgehead atoms. The van der Waals surface area contributed by atoms with Gasteiger partial charge in [0.25, 0.3) is 5.91 Å². The highest BCUT2D eigenvalue weighted by Gasteiger charge is 2.22. The van der Waals surface area contributed by atoms with Gasteiger partial charge in [0.15, 0.2) is 5.13 Å². The van der Waals surface area contributed by atoms with Crippen LogP contribution in [0.5, 0.6) is 0 Å². The Morgan fingerprint density at radius 1 is 1.48 bits per heavy atom. The van der Waals surface area contributed by atoms with E-state index in [1.54, 1.807) is 0 Å². The third kappa shape index (κ3) is 4.18. The van der Waals surface area contributed by atoms with Crippen LogP contribution < -0.4 is 21.7 Å². The monoisotopic (exact) mass is 309 g/mol. The van der Waals surface area contributed by atoms with E-state index in [-0.39, 0.29) is 11.9 Å². The van der Waals surface area contributed by atoms with E-state index < -0.39 is 0 Å². The number of thiazole rings is 1. The second-order valence-corrected chi connectivity index (χ2v) is 6.50. The zero-order valence-corrected chi connectivity index (χ0v) is 13.4. The van der Waals surface area contributed by atoms with Crippen LogP contribution in [-0.2, 0) is 0 Å². The topological polar surface area (TPSA) is 97.3 Å². The number of carbonyl (C=O) groups excluding carboxylic acids is 1. The van der Waals surface area contributed by atoms with Gasteiger partial charge in [-0.2, -0.15) is 0 Å². The van der Waals surface area contributed by atoms with Gasteiger partial charge in [-0.05, 0) is 26.7 Å².